The van der Waals surface area contributed by atoms with E-state index in [1.807, 2.05) is 21.1 Å². The quantitative estimate of drug-likeness (QED) is 0.0357. The van der Waals surface area contributed by atoms with Gasteiger partial charge in [0.05, 0.1) is 39.9 Å². The van der Waals surface area contributed by atoms with Gasteiger partial charge < -0.3 is 28.8 Å². The Kier molecular flexibility index (Phi) is 64.6. The molecule has 0 aromatic rings. The molecule has 0 aromatic heterocycles. The Morgan fingerprint density at radius 2 is 0.598 bits per heavy atom. The van der Waals surface area contributed by atoms with Crippen LogP contribution in [0.3, 0.4) is 0 Å². The Morgan fingerprint density at radius 1 is 0.378 bits per heavy atom. The van der Waals surface area contributed by atoms with Crippen LogP contribution in [0.2, 0.25) is 0 Å². The summed E-state index contributed by atoms with van der Waals surface area (Å²) in [6, 6.07) is -0.797. The number of quaternary nitrogens is 1. The van der Waals surface area contributed by atoms with Crippen molar-refractivity contribution in [3.63, 3.8) is 0 Å². The summed E-state index contributed by atoms with van der Waals surface area (Å²) in [5, 5.41) is 14.1. The molecular formula is C73H149N2O6P. The molecule has 8 nitrogen and oxygen atoms in total. The van der Waals surface area contributed by atoms with E-state index in [-0.39, 0.29) is 19.1 Å². The van der Waals surface area contributed by atoms with E-state index in [0.29, 0.717) is 23.9 Å². The molecule has 2 N–H and O–H groups in total. The fourth-order valence-corrected chi connectivity index (χ4v) is 12.8. The lowest BCUT2D eigenvalue weighted by atomic mass is 10.0. The van der Waals surface area contributed by atoms with Crippen LogP contribution in [0.1, 0.15) is 412 Å². The minimum absolute atomic E-state index is 0.0171. The molecule has 0 aliphatic heterocycles. The van der Waals surface area contributed by atoms with Crippen LogP contribution >= 0.6 is 7.82 Å². The number of aliphatic hydroxyl groups excluding tert-OH is 1. The molecule has 0 radical (unpaired) electrons. The normalized spacial score (nSPS) is 13.5. The van der Waals surface area contributed by atoms with Crippen molar-refractivity contribution in [2.75, 3.05) is 40.9 Å². The Balaban J connectivity index is 3.94. The smallest absolute Gasteiger partial charge is 0.268 e. The van der Waals surface area contributed by atoms with E-state index in [9.17, 15) is 19.4 Å². The van der Waals surface area contributed by atoms with Crippen molar-refractivity contribution in [1.82, 2.24) is 5.32 Å². The highest BCUT2D eigenvalue weighted by molar-refractivity contribution is 7.45. The summed E-state index contributed by atoms with van der Waals surface area (Å²) in [7, 11) is 1.33. The van der Waals surface area contributed by atoms with Gasteiger partial charge in [-0.05, 0) is 12.8 Å². The molecule has 0 aliphatic carbocycles. The first-order valence-electron chi connectivity index (χ1n) is 37.4. The number of unbranched alkanes of at least 4 members (excludes halogenated alkanes) is 58. The number of hydrogen-bond acceptors (Lipinski definition) is 6. The zero-order valence-corrected chi connectivity index (χ0v) is 57.4. The van der Waals surface area contributed by atoms with E-state index >= 15 is 0 Å². The second-order valence-corrected chi connectivity index (χ2v) is 28.8. The summed E-state index contributed by atoms with van der Waals surface area (Å²) in [4.78, 5) is 25.7. The van der Waals surface area contributed by atoms with Crippen LogP contribution in [0.15, 0.2) is 0 Å². The Bertz CT molecular complexity index is 1300. The Morgan fingerprint density at radius 3 is 0.829 bits per heavy atom. The van der Waals surface area contributed by atoms with Gasteiger partial charge in [0.1, 0.15) is 13.2 Å². The molecule has 0 saturated carbocycles. The van der Waals surface area contributed by atoms with E-state index in [4.69, 9.17) is 9.05 Å². The third-order valence-electron chi connectivity index (χ3n) is 17.8. The standard InChI is InChI=1S/C73H149N2O6P/c1-6-8-10-12-14-16-18-20-22-24-26-28-30-32-34-35-36-37-38-39-41-42-44-46-48-50-52-54-56-58-60-62-64-66-72(76)71(70-81-82(78,79)80-69-68-75(3,4)5)74-73(77)67-65-63-61-59-57-55-53-51-49-47-45-43-40-33-31-29-27-25-23-21-19-17-15-13-11-9-7-2/h71-72,76H,6-70H2,1-5H3,(H-,74,77,78,79). The SMILES string of the molecule is CCCCCCCCCCCCCCCCCCCCCCCCCCCCCCCCCCCC(O)C(COP(=O)([O-])OCC[N+](C)(C)C)NC(=O)CCCCCCCCCCCCCCCCCCCCCCCCCCCCC. The van der Waals surface area contributed by atoms with E-state index in [0.717, 1.165) is 38.5 Å². The second kappa shape index (κ2) is 65.0. The Hall–Kier alpha value is -0.500. The maximum atomic E-state index is 13.1. The zero-order chi connectivity index (χ0) is 59.8. The first kappa shape index (κ1) is 81.5. The largest absolute Gasteiger partial charge is 0.756 e. The minimum Gasteiger partial charge on any atom is -0.756 e. The van der Waals surface area contributed by atoms with Crippen LogP contribution in [0.5, 0.6) is 0 Å². The van der Waals surface area contributed by atoms with E-state index in [1.54, 1.807) is 0 Å². The van der Waals surface area contributed by atoms with Crippen molar-refractivity contribution >= 4 is 13.7 Å². The summed E-state index contributed by atoms with van der Waals surface area (Å²) < 4.78 is 23.6. The molecule has 82 heavy (non-hydrogen) atoms. The van der Waals surface area contributed by atoms with Crippen LogP contribution in [-0.4, -0.2) is 68.5 Å². The molecule has 3 atom stereocenters. The molecule has 0 bridgehead atoms. The third-order valence-corrected chi connectivity index (χ3v) is 18.8. The van der Waals surface area contributed by atoms with Gasteiger partial charge in [-0.3, -0.25) is 9.36 Å². The van der Waals surface area contributed by atoms with Crippen LogP contribution in [-0.2, 0) is 18.4 Å². The lowest BCUT2D eigenvalue weighted by Gasteiger charge is -2.30. The molecule has 492 valence electrons. The van der Waals surface area contributed by atoms with Crippen molar-refractivity contribution in [3.8, 4) is 0 Å². The van der Waals surface area contributed by atoms with Gasteiger partial charge in [-0.25, -0.2) is 0 Å². The molecule has 1 amide bonds. The van der Waals surface area contributed by atoms with Gasteiger partial charge in [0.2, 0.25) is 5.91 Å². The second-order valence-electron chi connectivity index (χ2n) is 27.4. The summed E-state index contributed by atoms with van der Waals surface area (Å²) in [5.74, 6) is -0.153. The van der Waals surface area contributed by atoms with Gasteiger partial charge in [-0.1, -0.05) is 393 Å². The van der Waals surface area contributed by atoms with Crippen LogP contribution < -0.4 is 10.2 Å². The summed E-state index contributed by atoms with van der Waals surface area (Å²) in [6.45, 7) is 4.81. The van der Waals surface area contributed by atoms with Crippen molar-refractivity contribution in [1.29, 1.82) is 0 Å². The van der Waals surface area contributed by atoms with Gasteiger partial charge in [0, 0.05) is 6.42 Å². The molecule has 0 saturated heterocycles. The number of aliphatic hydroxyl groups is 1. The van der Waals surface area contributed by atoms with E-state index in [2.05, 4.69) is 19.2 Å². The molecule has 0 fully saturated rings. The summed E-state index contributed by atoms with van der Waals surface area (Å²) in [5.41, 5.74) is 0. The van der Waals surface area contributed by atoms with E-state index < -0.39 is 20.0 Å². The lowest BCUT2D eigenvalue weighted by molar-refractivity contribution is -0.870. The van der Waals surface area contributed by atoms with Gasteiger partial charge >= 0.3 is 0 Å². The van der Waals surface area contributed by atoms with Crippen molar-refractivity contribution in [3.05, 3.63) is 0 Å². The zero-order valence-electron chi connectivity index (χ0n) is 56.5. The monoisotopic (exact) mass is 1180 g/mol. The van der Waals surface area contributed by atoms with Crippen LogP contribution in [0, 0.1) is 0 Å². The number of amides is 1. The predicted octanol–water partition coefficient (Wildman–Crippen LogP) is 23.3. The molecule has 0 rings (SSSR count). The average Bonchev–Trinajstić information content (AvgIpc) is 3.46. The number of nitrogens with one attached hydrogen (secondary N) is 1. The Labute approximate surface area is 514 Å². The molecule has 0 aliphatic rings. The highest BCUT2D eigenvalue weighted by Gasteiger charge is 2.24. The first-order valence-corrected chi connectivity index (χ1v) is 38.8. The molecule has 0 aromatic carbocycles. The number of phosphoric ester groups is 1. The molecule has 0 heterocycles. The first-order chi connectivity index (χ1) is 40.0. The van der Waals surface area contributed by atoms with Gasteiger partial charge in [-0.2, -0.15) is 0 Å². The lowest BCUT2D eigenvalue weighted by Crippen LogP contribution is -2.46. The van der Waals surface area contributed by atoms with Gasteiger partial charge in [0.25, 0.3) is 7.82 Å². The predicted molar refractivity (Wildman–Crippen MR) is 358 cm³/mol. The highest BCUT2D eigenvalue weighted by atomic mass is 31.2. The fraction of sp³-hybridized carbons (Fsp3) is 0.986. The minimum atomic E-state index is -4.58. The van der Waals surface area contributed by atoms with Crippen molar-refractivity contribution in [2.45, 2.75) is 424 Å². The molecular weight excluding hydrogens is 1030 g/mol. The number of nitrogens with zero attached hydrogens (tertiary/aromatic N) is 1. The maximum absolute atomic E-state index is 13.1. The van der Waals surface area contributed by atoms with Crippen LogP contribution in [0.25, 0.3) is 0 Å². The topological polar surface area (TPSA) is 108 Å². The molecule has 9 heteroatoms. The molecule has 0 spiro atoms. The van der Waals surface area contributed by atoms with Gasteiger partial charge in [-0.15, -0.1) is 0 Å². The van der Waals surface area contributed by atoms with Crippen LogP contribution in [0.4, 0.5) is 0 Å². The number of carbonyl (C=O) groups excluding carboxylic acids is 1. The van der Waals surface area contributed by atoms with Gasteiger partial charge in [0.15, 0.2) is 0 Å². The van der Waals surface area contributed by atoms with E-state index in [1.165, 1.54) is 347 Å². The number of phosphoric acid groups is 1. The number of rotatable bonds is 71. The number of hydrogen-bond donors (Lipinski definition) is 2. The van der Waals surface area contributed by atoms with Crippen molar-refractivity contribution in [2.24, 2.45) is 0 Å². The third kappa shape index (κ3) is 67.0. The number of likely N-dealkylation sites (N-methyl/N-ethyl adjacent to an activating group) is 1. The molecule has 3 unspecified atom stereocenters. The average molecular weight is 1180 g/mol. The fourth-order valence-electron chi connectivity index (χ4n) is 12.0. The summed E-state index contributed by atoms with van der Waals surface area (Å²) >= 11 is 0. The highest BCUT2D eigenvalue weighted by Crippen LogP contribution is 2.38. The van der Waals surface area contributed by atoms with Crippen molar-refractivity contribution < 1.29 is 32.9 Å². The maximum Gasteiger partial charge on any atom is 0.268 e. The summed E-state index contributed by atoms with van der Waals surface area (Å²) in [6.07, 6.45) is 82.1. The number of carbonyl (C=O) groups is 1.